The van der Waals surface area contributed by atoms with Crippen LogP contribution in [0, 0.1) is 0 Å². The molecule has 2 atom stereocenters. The second-order valence-corrected chi connectivity index (χ2v) is 5.67. The zero-order valence-corrected chi connectivity index (χ0v) is 11.2. The summed E-state index contributed by atoms with van der Waals surface area (Å²) in [5, 5.41) is 28.3. The van der Waals surface area contributed by atoms with Crippen LogP contribution < -0.4 is 0 Å². The Labute approximate surface area is 112 Å². The molecule has 1 heterocycles. The van der Waals surface area contributed by atoms with Gasteiger partial charge in [0.05, 0.1) is 16.5 Å². The van der Waals surface area contributed by atoms with E-state index in [1.54, 1.807) is 0 Å². The SMILES string of the molecule is CC(=O)SCCC(O)C(O)c1scnc1C(=O)O. The van der Waals surface area contributed by atoms with Crippen LogP contribution in [0.15, 0.2) is 5.51 Å². The number of carboxylic acids is 1. The Bertz CT molecular complexity index is 434. The largest absolute Gasteiger partial charge is 0.476 e. The smallest absolute Gasteiger partial charge is 0.355 e. The summed E-state index contributed by atoms with van der Waals surface area (Å²) in [5.41, 5.74) is 1.06. The molecule has 1 aromatic heterocycles. The first-order valence-electron chi connectivity index (χ1n) is 5.09. The van der Waals surface area contributed by atoms with Gasteiger partial charge in [0, 0.05) is 12.7 Å². The molecule has 0 amide bonds. The number of thiazole rings is 1. The average molecular weight is 291 g/mol. The quantitative estimate of drug-likeness (QED) is 0.714. The summed E-state index contributed by atoms with van der Waals surface area (Å²) in [5.74, 6) is -0.870. The van der Waals surface area contributed by atoms with Crippen LogP contribution in [0.4, 0.5) is 0 Å². The Balaban J connectivity index is 2.62. The maximum atomic E-state index is 10.8. The zero-order valence-electron chi connectivity index (χ0n) is 9.57. The molecular weight excluding hydrogens is 278 g/mol. The summed E-state index contributed by atoms with van der Waals surface area (Å²) in [6, 6.07) is 0. The molecule has 0 aliphatic rings. The second-order valence-electron chi connectivity index (χ2n) is 3.51. The molecule has 0 aromatic carbocycles. The number of hydrogen-bond donors (Lipinski definition) is 3. The summed E-state index contributed by atoms with van der Waals surface area (Å²) in [4.78, 5) is 25.3. The van der Waals surface area contributed by atoms with Crippen molar-refractivity contribution in [2.45, 2.75) is 25.6 Å². The van der Waals surface area contributed by atoms with Gasteiger partial charge in [-0.1, -0.05) is 11.8 Å². The van der Waals surface area contributed by atoms with Crippen LogP contribution >= 0.6 is 23.1 Å². The summed E-state index contributed by atoms with van der Waals surface area (Å²) in [6.07, 6.45) is -2.21. The van der Waals surface area contributed by atoms with Gasteiger partial charge in [0.15, 0.2) is 10.8 Å². The monoisotopic (exact) mass is 291 g/mol. The van der Waals surface area contributed by atoms with E-state index >= 15 is 0 Å². The topological polar surface area (TPSA) is 108 Å². The molecule has 100 valence electrons. The van der Waals surface area contributed by atoms with Crippen molar-refractivity contribution in [3.8, 4) is 0 Å². The van der Waals surface area contributed by atoms with E-state index in [4.69, 9.17) is 5.11 Å². The van der Waals surface area contributed by atoms with Crippen LogP contribution in [-0.4, -0.2) is 43.2 Å². The van der Waals surface area contributed by atoms with Gasteiger partial charge in [-0.3, -0.25) is 4.79 Å². The van der Waals surface area contributed by atoms with E-state index in [1.165, 1.54) is 12.4 Å². The molecular formula is C10H13NO5S2. The van der Waals surface area contributed by atoms with Gasteiger partial charge >= 0.3 is 5.97 Å². The van der Waals surface area contributed by atoms with Gasteiger partial charge in [-0.2, -0.15) is 0 Å². The van der Waals surface area contributed by atoms with Crippen molar-refractivity contribution < 1.29 is 24.9 Å². The van der Waals surface area contributed by atoms with Crippen LogP contribution in [0.5, 0.6) is 0 Å². The van der Waals surface area contributed by atoms with Crippen molar-refractivity contribution in [3.63, 3.8) is 0 Å². The normalized spacial score (nSPS) is 14.2. The number of nitrogens with zero attached hydrogens (tertiary/aromatic N) is 1. The molecule has 2 unspecified atom stereocenters. The van der Waals surface area contributed by atoms with Crippen LogP contribution in [-0.2, 0) is 4.79 Å². The Kier molecular flexibility index (Phi) is 5.73. The van der Waals surface area contributed by atoms with Crippen molar-refractivity contribution in [1.82, 2.24) is 4.98 Å². The fourth-order valence-corrected chi connectivity index (χ4v) is 2.75. The molecule has 3 N–H and O–H groups in total. The number of carbonyl (C=O) groups excluding carboxylic acids is 1. The first-order valence-corrected chi connectivity index (χ1v) is 6.96. The molecule has 1 aromatic rings. The fraction of sp³-hybridized carbons (Fsp3) is 0.500. The summed E-state index contributed by atoms with van der Waals surface area (Å²) >= 11 is 2.02. The Morgan fingerprint density at radius 3 is 2.72 bits per heavy atom. The second kappa shape index (κ2) is 6.83. The molecule has 8 heteroatoms. The Hall–Kier alpha value is -0.960. The zero-order chi connectivity index (χ0) is 13.7. The van der Waals surface area contributed by atoms with Crippen molar-refractivity contribution in [2.75, 3.05) is 5.75 Å². The number of rotatable bonds is 6. The highest BCUT2D eigenvalue weighted by molar-refractivity contribution is 8.13. The minimum absolute atomic E-state index is 0.0688. The minimum atomic E-state index is -1.30. The van der Waals surface area contributed by atoms with E-state index in [0.717, 1.165) is 23.1 Å². The van der Waals surface area contributed by atoms with Gasteiger partial charge in [-0.15, -0.1) is 11.3 Å². The van der Waals surface area contributed by atoms with E-state index in [1.807, 2.05) is 0 Å². The van der Waals surface area contributed by atoms with Gasteiger partial charge in [0.25, 0.3) is 0 Å². The van der Waals surface area contributed by atoms with Crippen LogP contribution in [0.1, 0.15) is 34.8 Å². The number of aromatic nitrogens is 1. The van der Waals surface area contributed by atoms with Gasteiger partial charge in [0.1, 0.15) is 6.10 Å². The van der Waals surface area contributed by atoms with Crippen LogP contribution in [0.25, 0.3) is 0 Å². The first kappa shape index (κ1) is 15.1. The lowest BCUT2D eigenvalue weighted by Crippen LogP contribution is -2.20. The molecule has 18 heavy (non-hydrogen) atoms. The van der Waals surface area contributed by atoms with Crippen molar-refractivity contribution in [2.24, 2.45) is 0 Å². The van der Waals surface area contributed by atoms with Crippen LogP contribution in [0.3, 0.4) is 0 Å². The summed E-state index contributed by atoms with van der Waals surface area (Å²) < 4.78 is 0. The number of aromatic carboxylic acids is 1. The van der Waals surface area contributed by atoms with Gasteiger partial charge < -0.3 is 15.3 Å². The highest BCUT2D eigenvalue weighted by Gasteiger charge is 2.26. The number of carbonyl (C=O) groups is 2. The maximum Gasteiger partial charge on any atom is 0.355 e. The third-order valence-corrected chi connectivity index (χ3v) is 3.90. The fourth-order valence-electron chi connectivity index (χ4n) is 1.28. The molecule has 0 saturated carbocycles. The number of aliphatic hydroxyl groups excluding tert-OH is 2. The third kappa shape index (κ3) is 4.05. The highest BCUT2D eigenvalue weighted by Crippen LogP contribution is 2.27. The van der Waals surface area contributed by atoms with E-state index in [2.05, 4.69) is 4.98 Å². The lowest BCUT2D eigenvalue weighted by Gasteiger charge is -2.16. The molecule has 0 saturated heterocycles. The Morgan fingerprint density at radius 1 is 1.50 bits per heavy atom. The van der Waals surface area contributed by atoms with Gasteiger partial charge in [0.2, 0.25) is 0 Å². The average Bonchev–Trinajstić information content (AvgIpc) is 2.76. The third-order valence-electron chi connectivity index (χ3n) is 2.15. The number of hydrogen-bond acceptors (Lipinski definition) is 7. The molecule has 0 fully saturated rings. The molecule has 0 radical (unpaired) electrons. The number of aliphatic hydroxyl groups is 2. The summed E-state index contributed by atoms with van der Waals surface area (Å²) in [7, 11) is 0. The van der Waals surface area contributed by atoms with Crippen LogP contribution in [0.2, 0.25) is 0 Å². The molecule has 1 rings (SSSR count). The van der Waals surface area contributed by atoms with E-state index in [-0.39, 0.29) is 22.1 Å². The molecule has 0 aliphatic heterocycles. The predicted octanol–water partition coefficient (Wildman–Crippen LogP) is 0.905. The Morgan fingerprint density at radius 2 is 2.17 bits per heavy atom. The van der Waals surface area contributed by atoms with Crippen molar-refractivity contribution in [1.29, 1.82) is 0 Å². The van der Waals surface area contributed by atoms with Gasteiger partial charge in [-0.05, 0) is 6.42 Å². The molecule has 6 nitrogen and oxygen atoms in total. The van der Waals surface area contributed by atoms with Crippen molar-refractivity contribution >= 4 is 34.2 Å². The van der Waals surface area contributed by atoms with Crippen molar-refractivity contribution in [3.05, 3.63) is 16.1 Å². The molecule has 0 bridgehead atoms. The molecule has 0 aliphatic carbocycles. The predicted molar refractivity (Wildman–Crippen MR) is 67.8 cm³/mol. The standard InChI is InChI=1S/C10H13NO5S2/c1-5(12)17-3-2-6(13)8(14)9-7(10(15)16)11-4-18-9/h4,6,8,13-14H,2-3H2,1H3,(H,15,16). The lowest BCUT2D eigenvalue weighted by atomic mass is 10.1. The van der Waals surface area contributed by atoms with E-state index in [9.17, 15) is 19.8 Å². The summed E-state index contributed by atoms with van der Waals surface area (Å²) in [6.45, 7) is 1.42. The lowest BCUT2D eigenvalue weighted by molar-refractivity contribution is -0.109. The first-order chi connectivity index (χ1) is 8.43. The van der Waals surface area contributed by atoms with E-state index in [0.29, 0.717) is 5.75 Å². The minimum Gasteiger partial charge on any atom is -0.476 e. The number of thioether (sulfide) groups is 1. The van der Waals surface area contributed by atoms with Gasteiger partial charge in [-0.25, -0.2) is 9.78 Å². The number of carboxylic acid groups (broad SMARTS) is 1. The molecule has 0 spiro atoms. The highest BCUT2D eigenvalue weighted by atomic mass is 32.2. The van der Waals surface area contributed by atoms with E-state index < -0.39 is 18.2 Å². The maximum absolute atomic E-state index is 10.8.